The summed E-state index contributed by atoms with van der Waals surface area (Å²) in [6, 6.07) is 23.2. The molecule has 0 aromatic heterocycles. The molecule has 0 saturated carbocycles. The lowest BCUT2D eigenvalue weighted by atomic mass is 10.1. The van der Waals surface area contributed by atoms with Gasteiger partial charge in [-0.2, -0.15) is 0 Å². The van der Waals surface area contributed by atoms with Crippen molar-refractivity contribution in [1.82, 2.24) is 5.32 Å². The number of sulfonamides is 1. The Morgan fingerprint density at radius 2 is 1.41 bits per heavy atom. The van der Waals surface area contributed by atoms with Gasteiger partial charge in [-0.3, -0.25) is 0 Å². The van der Waals surface area contributed by atoms with Crippen molar-refractivity contribution in [1.29, 1.82) is 0 Å². The van der Waals surface area contributed by atoms with Gasteiger partial charge in [-0.1, -0.05) is 54.6 Å². The number of hydrogen-bond donors (Lipinski definition) is 3. The summed E-state index contributed by atoms with van der Waals surface area (Å²) in [5, 5.41) is 10.5. The summed E-state index contributed by atoms with van der Waals surface area (Å²) < 4.78 is 22.5. The zero-order valence-electron chi connectivity index (χ0n) is 14.4. The molecule has 27 heavy (non-hydrogen) atoms. The highest BCUT2D eigenvalue weighted by Gasteiger charge is 2.07. The van der Waals surface area contributed by atoms with E-state index in [0.717, 1.165) is 16.7 Å². The van der Waals surface area contributed by atoms with Gasteiger partial charge in [0.05, 0.1) is 4.90 Å². The topological polar surface area (TPSA) is 101 Å². The molecule has 3 rings (SSSR count). The Hall–Kier alpha value is -3.16. The Bertz CT molecular complexity index is 1020. The number of primary sulfonamides is 1. The van der Waals surface area contributed by atoms with Crippen molar-refractivity contribution in [2.24, 2.45) is 5.14 Å². The molecular formula is C20H19N3O3S. The number of nitrogens with one attached hydrogen (secondary N) is 2. The molecule has 0 aliphatic heterocycles. The van der Waals surface area contributed by atoms with Crippen LogP contribution in [0.5, 0.6) is 0 Å². The largest absolute Gasteiger partial charge is 0.334 e. The first kappa shape index (κ1) is 18.6. The second-order valence-electron chi connectivity index (χ2n) is 5.94. The van der Waals surface area contributed by atoms with Crippen molar-refractivity contribution < 1.29 is 13.2 Å². The summed E-state index contributed by atoms with van der Waals surface area (Å²) in [6.07, 6.45) is 0. The lowest BCUT2D eigenvalue weighted by molar-refractivity contribution is 0.251. The minimum Gasteiger partial charge on any atom is -0.334 e. The second kappa shape index (κ2) is 8.03. The van der Waals surface area contributed by atoms with Crippen LogP contribution in [0.25, 0.3) is 11.1 Å². The highest BCUT2D eigenvalue weighted by atomic mass is 32.2. The van der Waals surface area contributed by atoms with Crippen molar-refractivity contribution in [3.63, 3.8) is 0 Å². The van der Waals surface area contributed by atoms with Gasteiger partial charge in [-0.15, -0.1) is 0 Å². The first-order valence-corrected chi connectivity index (χ1v) is 9.78. The summed E-state index contributed by atoms with van der Waals surface area (Å²) >= 11 is 0. The maximum absolute atomic E-state index is 12.0. The molecule has 2 amide bonds. The molecule has 4 N–H and O–H groups in total. The summed E-state index contributed by atoms with van der Waals surface area (Å²) in [5.74, 6) is 0. The number of rotatable bonds is 5. The van der Waals surface area contributed by atoms with Crippen molar-refractivity contribution in [3.8, 4) is 11.1 Å². The minimum absolute atomic E-state index is 0.0363. The van der Waals surface area contributed by atoms with Gasteiger partial charge in [0.1, 0.15) is 0 Å². The van der Waals surface area contributed by atoms with Crippen molar-refractivity contribution in [2.75, 3.05) is 5.32 Å². The molecule has 138 valence electrons. The molecule has 0 fully saturated rings. The Morgan fingerprint density at radius 3 is 2.00 bits per heavy atom. The molecule has 0 heterocycles. The molecule has 7 heteroatoms. The fraction of sp³-hybridized carbons (Fsp3) is 0.0500. The predicted molar refractivity (Wildman–Crippen MR) is 106 cm³/mol. The van der Waals surface area contributed by atoms with Gasteiger partial charge >= 0.3 is 6.03 Å². The van der Waals surface area contributed by atoms with Crippen LogP contribution < -0.4 is 15.8 Å². The molecule has 0 aliphatic carbocycles. The van der Waals surface area contributed by atoms with Crippen molar-refractivity contribution in [2.45, 2.75) is 11.4 Å². The van der Waals surface area contributed by atoms with Crippen LogP contribution >= 0.6 is 0 Å². The fourth-order valence-electron chi connectivity index (χ4n) is 2.53. The molecular weight excluding hydrogens is 362 g/mol. The molecule has 0 radical (unpaired) electrons. The number of hydrogen-bond acceptors (Lipinski definition) is 3. The van der Waals surface area contributed by atoms with Crippen LogP contribution in [0.15, 0.2) is 83.8 Å². The van der Waals surface area contributed by atoms with Gasteiger partial charge in [-0.25, -0.2) is 18.4 Å². The SMILES string of the molecule is NS(=O)(=O)c1ccc(CNC(=O)Nc2ccc(-c3ccccc3)cc2)cc1. The number of nitrogens with two attached hydrogens (primary N) is 1. The van der Waals surface area contributed by atoms with Gasteiger partial charge in [0.15, 0.2) is 0 Å². The Labute approximate surface area is 158 Å². The fourth-order valence-corrected chi connectivity index (χ4v) is 3.05. The second-order valence-corrected chi connectivity index (χ2v) is 7.50. The number of anilines is 1. The number of carbonyl (C=O) groups excluding carboxylic acids is 1. The molecule has 0 atom stereocenters. The lowest BCUT2D eigenvalue weighted by Gasteiger charge is -2.09. The third-order valence-electron chi connectivity index (χ3n) is 3.95. The Balaban J connectivity index is 1.55. The van der Waals surface area contributed by atoms with E-state index in [-0.39, 0.29) is 17.5 Å². The third kappa shape index (κ3) is 5.16. The van der Waals surface area contributed by atoms with Gasteiger partial charge in [-0.05, 0) is 41.0 Å². The first-order chi connectivity index (χ1) is 12.9. The van der Waals surface area contributed by atoms with Gasteiger partial charge in [0, 0.05) is 12.2 Å². The van der Waals surface area contributed by atoms with E-state index in [1.165, 1.54) is 12.1 Å². The molecule has 6 nitrogen and oxygen atoms in total. The average molecular weight is 381 g/mol. The number of carbonyl (C=O) groups is 1. The van der Waals surface area contributed by atoms with Crippen molar-refractivity contribution in [3.05, 3.63) is 84.4 Å². The van der Waals surface area contributed by atoms with Crippen LogP contribution in [-0.4, -0.2) is 14.4 Å². The van der Waals surface area contributed by atoms with E-state index in [9.17, 15) is 13.2 Å². The number of benzene rings is 3. The zero-order chi connectivity index (χ0) is 19.3. The van der Waals surface area contributed by atoms with Crippen LogP contribution in [0.3, 0.4) is 0 Å². The zero-order valence-corrected chi connectivity index (χ0v) is 15.2. The Morgan fingerprint density at radius 1 is 0.815 bits per heavy atom. The van der Waals surface area contributed by atoms with Crippen LogP contribution in [0.2, 0.25) is 0 Å². The summed E-state index contributed by atoms with van der Waals surface area (Å²) in [5.41, 5.74) is 3.61. The molecule has 0 unspecified atom stereocenters. The third-order valence-corrected chi connectivity index (χ3v) is 4.88. The van der Waals surface area contributed by atoms with E-state index in [2.05, 4.69) is 10.6 Å². The maximum Gasteiger partial charge on any atom is 0.319 e. The average Bonchev–Trinajstić information content (AvgIpc) is 2.67. The summed E-state index contributed by atoms with van der Waals surface area (Å²) in [6.45, 7) is 0.263. The van der Waals surface area contributed by atoms with E-state index >= 15 is 0 Å². The highest BCUT2D eigenvalue weighted by Crippen LogP contribution is 2.20. The molecule has 0 bridgehead atoms. The van der Waals surface area contributed by atoms with Crippen molar-refractivity contribution >= 4 is 21.7 Å². The van der Waals surface area contributed by atoms with Crippen LogP contribution in [0.4, 0.5) is 10.5 Å². The highest BCUT2D eigenvalue weighted by molar-refractivity contribution is 7.89. The first-order valence-electron chi connectivity index (χ1n) is 8.24. The molecule has 0 spiro atoms. The van der Waals surface area contributed by atoms with Gasteiger partial charge in [0.25, 0.3) is 0 Å². The van der Waals surface area contributed by atoms with Crippen LogP contribution in [0.1, 0.15) is 5.56 Å². The van der Waals surface area contributed by atoms with Gasteiger partial charge < -0.3 is 10.6 Å². The van der Waals surface area contributed by atoms with E-state index in [1.54, 1.807) is 12.1 Å². The molecule has 0 saturated heterocycles. The molecule has 0 aliphatic rings. The standard InChI is InChI=1S/C20H19N3O3S/c21-27(25,26)19-12-6-15(7-13-19)14-22-20(24)23-18-10-8-17(9-11-18)16-4-2-1-3-5-16/h1-13H,14H2,(H2,21,25,26)(H2,22,23,24). The van der Waals surface area contributed by atoms with E-state index in [4.69, 9.17) is 5.14 Å². The van der Waals surface area contributed by atoms with E-state index in [1.807, 2.05) is 54.6 Å². The molecule has 3 aromatic rings. The predicted octanol–water partition coefficient (Wildman–Crippen LogP) is 3.32. The quantitative estimate of drug-likeness (QED) is 0.632. The monoisotopic (exact) mass is 381 g/mol. The van der Waals surface area contributed by atoms with E-state index in [0.29, 0.717) is 5.69 Å². The normalized spacial score (nSPS) is 11.0. The van der Waals surface area contributed by atoms with Crippen LogP contribution in [-0.2, 0) is 16.6 Å². The van der Waals surface area contributed by atoms with Crippen LogP contribution in [0, 0.1) is 0 Å². The Kier molecular flexibility index (Phi) is 5.54. The smallest absolute Gasteiger partial charge is 0.319 e. The van der Waals surface area contributed by atoms with E-state index < -0.39 is 10.0 Å². The summed E-state index contributed by atoms with van der Waals surface area (Å²) in [4.78, 5) is 12.1. The number of amides is 2. The molecule has 3 aromatic carbocycles. The lowest BCUT2D eigenvalue weighted by Crippen LogP contribution is -2.28. The summed E-state index contributed by atoms with van der Waals surface area (Å²) in [7, 11) is -3.71. The van der Waals surface area contributed by atoms with Gasteiger partial charge in [0.2, 0.25) is 10.0 Å². The number of urea groups is 1. The minimum atomic E-state index is -3.71. The maximum atomic E-state index is 12.0.